The fraction of sp³-hybridized carbons (Fsp3) is 0.600. The van der Waals surface area contributed by atoms with Crippen LogP contribution in [0.5, 0.6) is 0 Å². The fourth-order valence-electron chi connectivity index (χ4n) is 1.41. The van der Waals surface area contributed by atoms with Crippen LogP contribution in [-0.2, 0) is 0 Å². The summed E-state index contributed by atoms with van der Waals surface area (Å²) >= 11 is 1.95. The normalized spacial score (nSPS) is 13.7. The summed E-state index contributed by atoms with van der Waals surface area (Å²) in [6.07, 6.45) is 0. The molecule has 0 saturated carbocycles. The van der Waals surface area contributed by atoms with E-state index in [1.165, 1.54) is 16.2 Å². The lowest BCUT2D eigenvalue weighted by molar-refractivity contribution is 0.395. The van der Waals surface area contributed by atoms with Crippen molar-refractivity contribution in [2.75, 3.05) is 12.3 Å². The van der Waals surface area contributed by atoms with Crippen LogP contribution in [0.1, 0.15) is 33.3 Å². The van der Waals surface area contributed by atoms with Gasteiger partial charge >= 0.3 is 0 Å². The Balaban J connectivity index is 2.28. The third-order valence-electron chi connectivity index (χ3n) is 2.54. The van der Waals surface area contributed by atoms with Gasteiger partial charge in [0.05, 0.1) is 0 Å². The Labute approximate surface area is 110 Å². The third kappa shape index (κ3) is 6.75. The molecule has 1 aromatic rings. The zero-order valence-electron chi connectivity index (χ0n) is 11.7. The molecule has 0 aliphatic heterocycles. The van der Waals surface area contributed by atoms with Crippen LogP contribution in [0.2, 0.25) is 0 Å². The molecular formula is C15H25NS. The van der Waals surface area contributed by atoms with E-state index in [0.717, 1.165) is 6.54 Å². The fourth-order valence-corrected chi connectivity index (χ4v) is 2.34. The molecule has 2 heteroatoms. The number of nitrogens with one attached hydrogen (secondary N) is 1. The van der Waals surface area contributed by atoms with Crippen LogP contribution in [0.3, 0.4) is 0 Å². The van der Waals surface area contributed by atoms with Crippen molar-refractivity contribution in [3.63, 3.8) is 0 Å². The van der Waals surface area contributed by atoms with Crippen LogP contribution in [-0.4, -0.2) is 17.8 Å². The van der Waals surface area contributed by atoms with E-state index in [4.69, 9.17) is 0 Å². The van der Waals surface area contributed by atoms with Gasteiger partial charge in [0.2, 0.25) is 0 Å². The number of rotatable bonds is 5. The first-order chi connectivity index (χ1) is 7.87. The molecular weight excluding hydrogens is 226 g/mol. The molecule has 1 aromatic carbocycles. The molecule has 0 aliphatic rings. The highest BCUT2D eigenvalue weighted by molar-refractivity contribution is 7.99. The quantitative estimate of drug-likeness (QED) is 0.790. The minimum atomic E-state index is 0.225. The van der Waals surface area contributed by atoms with E-state index in [0.29, 0.717) is 5.92 Å². The molecule has 96 valence electrons. The average molecular weight is 251 g/mol. The molecule has 1 unspecified atom stereocenters. The summed E-state index contributed by atoms with van der Waals surface area (Å²) in [5.41, 5.74) is 1.56. The average Bonchev–Trinajstić information content (AvgIpc) is 2.25. The van der Waals surface area contributed by atoms with Gasteiger partial charge in [-0.3, -0.25) is 0 Å². The molecule has 0 amide bonds. The van der Waals surface area contributed by atoms with Crippen LogP contribution in [0.25, 0.3) is 0 Å². The Morgan fingerprint density at radius 1 is 1.18 bits per heavy atom. The van der Waals surface area contributed by atoms with Crippen LogP contribution in [0, 0.1) is 12.8 Å². The molecule has 1 rings (SSSR count). The maximum Gasteiger partial charge on any atom is 0.00966 e. The van der Waals surface area contributed by atoms with Gasteiger partial charge < -0.3 is 5.32 Å². The minimum absolute atomic E-state index is 0.225. The summed E-state index contributed by atoms with van der Waals surface area (Å²) in [6, 6.07) is 8.79. The Bertz CT molecular complexity index is 324. The van der Waals surface area contributed by atoms with Crippen molar-refractivity contribution >= 4 is 11.8 Å². The van der Waals surface area contributed by atoms with Crippen molar-refractivity contribution in [3.8, 4) is 0 Å². The molecule has 17 heavy (non-hydrogen) atoms. The first kappa shape index (κ1) is 14.6. The van der Waals surface area contributed by atoms with Gasteiger partial charge in [0.15, 0.2) is 0 Å². The molecule has 0 heterocycles. The second kappa shape index (κ2) is 6.46. The molecule has 1 nitrogen and oxygen atoms in total. The van der Waals surface area contributed by atoms with Crippen molar-refractivity contribution in [3.05, 3.63) is 29.8 Å². The maximum atomic E-state index is 3.55. The number of benzene rings is 1. The molecule has 0 bridgehead atoms. The number of hydrogen-bond donors (Lipinski definition) is 1. The maximum absolute atomic E-state index is 3.55. The van der Waals surface area contributed by atoms with E-state index >= 15 is 0 Å². The van der Waals surface area contributed by atoms with Gasteiger partial charge in [-0.05, 0) is 52.3 Å². The van der Waals surface area contributed by atoms with Crippen LogP contribution < -0.4 is 5.32 Å². The second-order valence-corrected chi connectivity index (χ2v) is 6.95. The van der Waals surface area contributed by atoms with E-state index < -0.39 is 0 Å². The Morgan fingerprint density at radius 2 is 1.76 bits per heavy atom. The standard InChI is InChI=1S/C15H25NS/c1-12-6-8-14(9-7-12)17-11-13(2)10-16-15(3,4)5/h6-9,13,16H,10-11H2,1-5H3. The molecule has 0 saturated heterocycles. The van der Waals surface area contributed by atoms with E-state index in [2.05, 4.69) is 64.2 Å². The van der Waals surface area contributed by atoms with Gasteiger partial charge in [-0.1, -0.05) is 24.6 Å². The highest BCUT2D eigenvalue weighted by Gasteiger charge is 2.11. The molecule has 0 fully saturated rings. The third-order valence-corrected chi connectivity index (χ3v) is 3.88. The molecule has 0 spiro atoms. The van der Waals surface area contributed by atoms with Crippen LogP contribution >= 0.6 is 11.8 Å². The van der Waals surface area contributed by atoms with Gasteiger partial charge in [-0.15, -0.1) is 11.8 Å². The first-order valence-corrected chi connectivity index (χ1v) is 7.30. The molecule has 1 atom stereocenters. The Morgan fingerprint density at radius 3 is 2.29 bits per heavy atom. The highest BCUT2D eigenvalue weighted by Crippen LogP contribution is 2.21. The van der Waals surface area contributed by atoms with Crippen molar-refractivity contribution in [2.45, 2.75) is 45.1 Å². The molecule has 0 aliphatic carbocycles. The molecule has 0 aromatic heterocycles. The van der Waals surface area contributed by atoms with Crippen molar-refractivity contribution < 1.29 is 0 Å². The Hall–Kier alpha value is -0.470. The first-order valence-electron chi connectivity index (χ1n) is 6.31. The van der Waals surface area contributed by atoms with Crippen LogP contribution in [0.4, 0.5) is 0 Å². The zero-order chi connectivity index (χ0) is 12.9. The predicted molar refractivity (Wildman–Crippen MR) is 78.8 cm³/mol. The predicted octanol–water partition coefficient (Wildman–Crippen LogP) is 4.11. The lowest BCUT2D eigenvalue weighted by Crippen LogP contribution is -2.39. The highest BCUT2D eigenvalue weighted by atomic mass is 32.2. The number of hydrogen-bond acceptors (Lipinski definition) is 2. The van der Waals surface area contributed by atoms with E-state index in [-0.39, 0.29) is 5.54 Å². The zero-order valence-corrected chi connectivity index (χ0v) is 12.5. The van der Waals surface area contributed by atoms with Gasteiger partial charge in [0.1, 0.15) is 0 Å². The van der Waals surface area contributed by atoms with Gasteiger partial charge in [-0.2, -0.15) is 0 Å². The van der Waals surface area contributed by atoms with Gasteiger partial charge in [0, 0.05) is 16.2 Å². The summed E-state index contributed by atoms with van der Waals surface area (Å²) in [5.74, 6) is 1.87. The van der Waals surface area contributed by atoms with Crippen molar-refractivity contribution in [2.24, 2.45) is 5.92 Å². The van der Waals surface area contributed by atoms with E-state index in [9.17, 15) is 0 Å². The van der Waals surface area contributed by atoms with Crippen LogP contribution in [0.15, 0.2) is 29.2 Å². The smallest absolute Gasteiger partial charge is 0.00966 e. The lowest BCUT2D eigenvalue weighted by atomic mass is 10.1. The minimum Gasteiger partial charge on any atom is -0.312 e. The lowest BCUT2D eigenvalue weighted by Gasteiger charge is -2.23. The summed E-state index contributed by atoms with van der Waals surface area (Å²) < 4.78 is 0. The summed E-state index contributed by atoms with van der Waals surface area (Å²) in [6.45, 7) is 12.2. The van der Waals surface area contributed by atoms with Crippen molar-refractivity contribution in [1.82, 2.24) is 5.32 Å². The largest absolute Gasteiger partial charge is 0.312 e. The molecule has 1 N–H and O–H groups in total. The topological polar surface area (TPSA) is 12.0 Å². The number of aryl methyl sites for hydroxylation is 1. The Kier molecular flexibility index (Phi) is 5.54. The monoisotopic (exact) mass is 251 g/mol. The van der Waals surface area contributed by atoms with Crippen molar-refractivity contribution in [1.29, 1.82) is 0 Å². The van der Waals surface area contributed by atoms with Gasteiger partial charge in [0.25, 0.3) is 0 Å². The van der Waals surface area contributed by atoms with E-state index in [1.807, 2.05) is 11.8 Å². The SMILES string of the molecule is Cc1ccc(SCC(C)CNC(C)(C)C)cc1. The summed E-state index contributed by atoms with van der Waals surface area (Å²) in [4.78, 5) is 1.37. The van der Waals surface area contributed by atoms with Gasteiger partial charge in [-0.25, -0.2) is 0 Å². The summed E-state index contributed by atoms with van der Waals surface area (Å²) in [7, 11) is 0. The second-order valence-electron chi connectivity index (χ2n) is 5.86. The van der Waals surface area contributed by atoms with E-state index in [1.54, 1.807) is 0 Å². The number of thioether (sulfide) groups is 1. The molecule has 0 radical (unpaired) electrons. The summed E-state index contributed by atoms with van der Waals surface area (Å²) in [5, 5.41) is 3.55.